The monoisotopic (exact) mass is 900 g/mol. The summed E-state index contributed by atoms with van der Waals surface area (Å²) >= 11 is 3.90. The van der Waals surface area contributed by atoms with Gasteiger partial charge in [0.2, 0.25) is 0 Å². The second-order valence-corrected chi connectivity index (χ2v) is 24.5. The maximum Gasteiger partial charge on any atom is 0.333 e. The van der Waals surface area contributed by atoms with Gasteiger partial charge in [-0.25, -0.2) is 0 Å². The van der Waals surface area contributed by atoms with Crippen LogP contribution in [0.2, 0.25) is 0 Å². The van der Waals surface area contributed by atoms with Crippen LogP contribution in [0.1, 0.15) is 83.6 Å². The molecule has 0 unspecified atom stereocenters. The molecular weight excluding hydrogens is 852 g/mol. The molecule has 15 rings (SSSR count). The molecule has 3 nitrogen and oxygen atoms in total. The number of nitrogens with zero attached hydrogens (tertiary/aromatic N) is 2. The number of furan rings is 1. The lowest BCUT2D eigenvalue weighted by molar-refractivity contribution is 0.332. The van der Waals surface area contributed by atoms with Crippen molar-refractivity contribution in [1.29, 1.82) is 0 Å². The Morgan fingerprint density at radius 3 is 2.01 bits per heavy atom. The molecule has 8 aromatic carbocycles. The van der Waals surface area contributed by atoms with Gasteiger partial charge in [-0.2, -0.15) is 0 Å². The Balaban J connectivity index is 1.11. The molecule has 6 heteroatoms. The van der Waals surface area contributed by atoms with Gasteiger partial charge in [-0.1, -0.05) is 103 Å². The summed E-state index contributed by atoms with van der Waals surface area (Å²) in [6.45, 7) is 19.0. The van der Waals surface area contributed by atoms with Gasteiger partial charge in [0.15, 0.2) is 0 Å². The van der Waals surface area contributed by atoms with Crippen LogP contribution in [0.3, 0.4) is 0 Å². The van der Waals surface area contributed by atoms with E-state index in [1.807, 2.05) is 22.7 Å². The molecule has 0 spiro atoms. The van der Waals surface area contributed by atoms with Crippen molar-refractivity contribution in [2.24, 2.45) is 0 Å². The van der Waals surface area contributed by atoms with Gasteiger partial charge in [0.1, 0.15) is 11.2 Å². The van der Waals surface area contributed by atoms with E-state index < -0.39 is 0 Å². The van der Waals surface area contributed by atoms with Crippen LogP contribution in [-0.4, -0.2) is 11.4 Å². The molecular formula is C61H49BN2OS2. The lowest BCUT2D eigenvalue weighted by atomic mass is 9.44. The zero-order valence-electron chi connectivity index (χ0n) is 39.2. The third-order valence-electron chi connectivity index (χ3n) is 16.5. The molecule has 0 bridgehead atoms. The minimum atomic E-state index is -0.0776. The van der Waals surface area contributed by atoms with Crippen molar-refractivity contribution in [1.82, 2.24) is 4.57 Å². The van der Waals surface area contributed by atoms with Crippen molar-refractivity contribution in [3.63, 3.8) is 0 Å². The minimum absolute atomic E-state index is 0.0353. The van der Waals surface area contributed by atoms with Crippen LogP contribution in [0.5, 0.6) is 0 Å². The van der Waals surface area contributed by atoms with Crippen molar-refractivity contribution in [2.45, 2.75) is 84.5 Å². The molecule has 0 fully saturated rings. The predicted molar refractivity (Wildman–Crippen MR) is 292 cm³/mol. The van der Waals surface area contributed by atoms with Crippen molar-refractivity contribution in [3.8, 4) is 16.8 Å². The number of aromatic nitrogens is 1. The van der Waals surface area contributed by atoms with Crippen molar-refractivity contribution in [3.05, 3.63) is 150 Å². The standard InChI is InChI=1S/C61H49BN2OS2/c1-32-23-42-37-29-53-41(39-24-44-45(30-54(39)67-53)61(7,8)22-21-60(44,5)6)26-48(37)64(34-19-17-33(18-20-34)59(2,3)4)62-46-31-55-40(36-14-10-12-16-52(36)66-55)27-49(46)63-47-25-38-35-13-9-11-15-50(35)65-51(38)28-43(47)56(32)58(63)57(42)62/h9-20,23-31H,21-22H2,1-8H3. The first-order valence-electron chi connectivity index (χ1n) is 24.1. The van der Waals surface area contributed by atoms with Gasteiger partial charge in [-0.3, -0.25) is 0 Å². The summed E-state index contributed by atoms with van der Waals surface area (Å²) in [5.74, 6) is 0. The zero-order chi connectivity index (χ0) is 45.2. The molecule has 2 aliphatic heterocycles. The minimum Gasteiger partial charge on any atom is -0.456 e. The van der Waals surface area contributed by atoms with E-state index in [-0.39, 0.29) is 23.1 Å². The number of anilines is 2. The lowest BCUT2D eigenvalue weighted by Crippen LogP contribution is -2.60. The fourth-order valence-corrected chi connectivity index (χ4v) is 15.1. The summed E-state index contributed by atoms with van der Waals surface area (Å²) < 4.78 is 14.7. The summed E-state index contributed by atoms with van der Waals surface area (Å²) in [4.78, 5) is 2.73. The number of rotatable bonds is 1. The van der Waals surface area contributed by atoms with Gasteiger partial charge >= 0.3 is 6.85 Å². The van der Waals surface area contributed by atoms with E-state index in [2.05, 4.69) is 192 Å². The Kier molecular flexibility index (Phi) is 7.28. The highest BCUT2D eigenvalue weighted by Gasteiger charge is 2.45. The number of hydrogen-bond acceptors (Lipinski definition) is 4. The molecule has 67 heavy (non-hydrogen) atoms. The molecule has 4 aromatic heterocycles. The summed E-state index contributed by atoms with van der Waals surface area (Å²) in [5, 5.41) is 10.3. The number of hydrogen-bond donors (Lipinski definition) is 0. The molecule has 0 N–H and O–H groups in total. The second kappa shape index (κ2) is 12.6. The Morgan fingerprint density at radius 1 is 0.567 bits per heavy atom. The molecule has 0 saturated carbocycles. The van der Waals surface area contributed by atoms with Crippen molar-refractivity contribution >= 4 is 136 Å². The average Bonchev–Trinajstić information content (AvgIpc) is 4.06. The van der Waals surface area contributed by atoms with Crippen molar-refractivity contribution < 1.29 is 4.42 Å². The third-order valence-corrected chi connectivity index (χ3v) is 18.7. The van der Waals surface area contributed by atoms with Crippen LogP contribution in [0, 0.1) is 6.92 Å². The van der Waals surface area contributed by atoms with E-state index >= 15 is 0 Å². The maximum absolute atomic E-state index is 6.64. The summed E-state index contributed by atoms with van der Waals surface area (Å²) in [5.41, 5.74) is 19.5. The van der Waals surface area contributed by atoms with Gasteiger partial charge < -0.3 is 13.8 Å². The topological polar surface area (TPSA) is 21.3 Å². The number of thiophene rings is 2. The first-order valence-corrected chi connectivity index (χ1v) is 25.7. The van der Waals surface area contributed by atoms with Gasteiger partial charge in [-0.05, 0) is 148 Å². The van der Waals surface area contributed by atoms with Gasteiger partial charge in [0.25, 0.3) is 0 Å². The van der Waals surface area contributed by atoms with Gasteiger partial charge in [-0.15, -0.1) is 22.7 Å². The van der Waals surface area contributed by atoms with E-state index in [1.54, 1.807) is 0 Å². The molecule has 0 radical (unpaired) electrons. The molecule has 1 aliphatic carbocycles. The Hall–Kier alpha value is -6.34. The molecule has 3 aliphatic rings. The molecule has 324 valence electrons. The number of fused-ring (bicyclic) bond motifs is 18. The summed E-state index contributed by atoms with van der Waals surface area (Å²) in [7, 11) is 0. The molecule has 0 atom stereocenters. The highest BCUT2D eigenvalue weighted by molar-refractivity contribution is 7.26. The van der Waals surface area contributed by atoms with E-state index in [0.717, 1.165) is 21.9 Å². The van der Waals surface area contributed by atoms with Crippen LogP contribution >= 0.6 is 22.7 Å². The lowest BCUT2D eigenvalue weighted by Gasteiger charge is -2.42. The molecule has 0 saturated heterocycles. The maximum atomic E-state index is 6.64. The number of aryl methyl sites for hydroxylation is 1. The molecule has 12 aromatic rings. The first kappa shape index (κ1) is 38.7. The fraction of sp³-hybridized carbons (Fsp3) is 0.213. The highest BCUT2D eigenvalue weighted by atomic mass is 32.1. The van der Waals surface area contributed by atoms with E-state index in [1.165, 1.54) is 136 Å². The quantitative estimate of drug-likeness (QED) is 0.153. The van der Waals surface area contributed by atoms with E-state index in [9.17, 15) is 0 Å². The Labute approximate surface area is 398 Å². The molecule has 0 amide bonds. The second-order valence-electron chi connectivity index (χ2n) is 22.4. The van der Waals surface area contributed by atoms with E-state index in [0.29, 0.717) is 0 Å². The summed E-state index contributed by atoms with van der Waals surface area (Å²) in [6, 6.07) is 49.7. The van der Waals surface area contributed by atoms with Crippen LogP contribution in [0.15, 0.2) is 132 Å². The number of para-hydroxylation sites is 1. The fourth-order valence-electron chi connectivity index (χ4n) is 12.9. The van der Waals surface area contributed by atoms with Gasteiger partial charge in [0, 0.05) is 84.5 Å². The Bertz CT molecular complexity index is 4220. The van der Waals surface area contributed by atoms with Crippen LogP contribution in [-0.2, 0) is 16.2 Å². The van der Waals surface area contributed by atoms with Crippen LogP contribution < -0.4 is 15.7 Å². The smallest absolute Gasteiger partial charge is 0.333 e. The highest BCUT2D eigenvalue weighted by Crippen LogP contribution is 2.53. The SMILES string of the molecule is Cc1cc2c3c4c1c1cc5oc6ccccc6c5cc1n4-c1cc4c(cc1B3N(c1ccc(C(C)(C)C)cc1)c1cc3c(cc1-2)sc1cc2c(cc13)C(C)(C)CCC2(C)C)sc1ccccc14. The molecule has 6 heterocycles. The van der Waals surface area contributed by atoms with E-state index in [4.69, 9.17) is 4.42 Å². The normalized spacial score (nSPS) is 16.1. The largest absolute Gasteiger partial charge is 0.456 e. The predicted octanol–water partition coefficient (Wildman–Crippen LogP) is 16.6. The average molecular weight is 901 g/mol. The van der Waals surface area contributed by atoms with Crippen LogP contribution in [0.4, 0.5) is 11.4 Å². The van der Waals surface area contributed by atoms with Crippen LogP contribution in [0.25, 0.3) is 101 Å². The number of benzene rings is 8. The van der Waals surface area contributed by atoms with Crippen molar-refractivity contribution in [2.75, 3.05) is 4.81 Å². The first-order chi connectivity index (χ1) is 32.2. The summed E-state index contributed by atoms with van der Waals surface area (Å²) in [6.07, 6.45) is 2.41. The Morgan fingerprint density at radius 2 is 1.22 bits per heavy atom. The zero-order valence-corrected chi connectivity index (χ0v) is 40.9. The third kappa shape index (κ3) is 5.03. The van der Waals surface area contributed by atoms with Gasteiger partial charge in [0.05, 0.1) is 11.0 Å².